The molecule has 0 amide bonds. The van der Waals surface area contributed by atoms with Crippen LogP contribution < -0.4 is 4.74 Å². The van der Waals surface area contributed by atoms with Gasteiger partial charge in [0.05, 0.1) is 6.10 Å². The Labute approximate surface area is 126 Å². The van der Waals surface area contributed by atoms with Crippen LogP contribution in [0.15, 0.2) is 27.6 Å². The van der Waals surface area contributed by atoms with Crippen molar-refractivity contribution >= 4 is 35.7 Å². The van der Waals surface area contributed by atoms with Gasteiger partial charge in [0, 0.05) is 15.2 Å². The second-order valence-electron chi connectivity index (χ2n) is 5.04. The fourth-order valence-corrected chi connectivity index (χ4v) is 3.93. The van der Waals surface area contributed by atoms with E-state index in [1.54, 1.807) is 12.1 Å². The molecule has 0 aliphatic heterocycles. The van der Waals surface area contributed by atoms with Crippen LogP contribution >= 0.6 is 26.6 Å². The van der Waals surface area contributed by atoms with Gasteiger partial charge in [0.15, 0.2) is 0 Å². The second kappa shape index (κ2) is 6.02. The predicted octanol–water partition coefficient (Wildman–Crippen LogP) is 4.33. The monoisotopic (exact) mass is 366 g/mol. The highest BCUT2D eigenvalue weighted by Crippen LogP contribution is 2.33. The fraction of sp³-hybridized carbons (Fsp3) is 0.538. The minimum atomic E-state index is -3.80. The van der Waals surface area contributed by atoms with Gasteiger partial charge in [0.25, 0.3) is 9.05 Å². The Balaban J connectivity index is 2.25. The van der Waals surface area contributed by atoms with E-state index < -0.39 is 9.05 Å². The lowest BCUT2D eigenvalue weighted by Crippen LogP contribution is -2.24. The Morgan fingerprint density at radius 3 is 2.74 bits per heavy atom. The normalized spacial score (nSPS) is 24.2. The first-order valence-corrected chi connectivity index (χ1v) is 9.37. The lowest BCUT2D eigenvalue weighted by atomic mass is 9.89. The molecule has 0 aromatic heterocycles. The van der Waals surface area contributed by atoms with Crippen molar-refractivity contribution in [3.63, 3.8) is 0 Å². The van der Waals surface area contributed by atoms with Crippen LogP contribution in [0.25, 0.3) is 0 Å². The van der Waals surface area contributed by atoms with Gasteiger partial charge in [-0.25, -0.2) is 8.42 Å². The largest absolute Gasteiger partial charge is 0.489 e. The first-order valence-electron chi connectivity index (χ1n) is 6.27. The third-order valence-corrected chi connectivity index (χ3v) is 5.19. The van der Waals surface area contributed by atoms with Crippen LogP contribution in [0.3, 0.4) is 0 Å². The Morgan fingerprint density at radius 2 is 2.11 bits per heavy atom. The molecule has 1 aromatic carbocycles. The van der Waals surface area contributed by atoms with Crippen molar-refractivity contribution < 1.29 is 13.2 Å². The topological polar surface area (TPSA) is 43.4 Å². The zero-order valence-electron chi connectivity index (χ0n) is 10.6. The van der Waals surface area contributed by atoms with Gasteiger partial charge in [-0.2, -0.15) is 0 Å². The molecule has 1 aromatic rings. The summed E-state index contributed by atoms with van der Waals surface area (Å²) in [6.07, 6.45) is 4.31. The van der Waals surface area contributed by atoms with E-state index in [1.807, 2.05) is 0 Å². The van der Waals surface area contributed by atoms with Crippen LogP contribution in [0.2, 0.25) is 0 Å². The first-order chi connectivity index (χ1) is 8.86. The molecule has 0 spiro atoms. The molecule has 6 heteroatoms. The van der Waals surface area contributed by atoms with Gasteiger partial charge >= 0.3 is 0 Å². The summed E-state index contributed by atoms with van der Waals surface area (Å²) in [4.78, 5) is 0.0294. The lowest BCUT2D eigenvalue weighted by molar-refractivity contribution is 0.126. The van der Waals surface area contributed by atoms with Gasteiger partial charge in [0.1, 0.15) is 10.6 Å². The van der Waals surface area contributed by atoms with Crippen molar-refractivity contribution in [1.29, 1.82) is 0 Å². The van der Waals surface area contributed by atoms with Crippen molar-refractivity contribution in [3.05, 3.63) is 22.7 Å². The van der Waals surface area contributed by atoms with Crippen LogP contribution in [0.1, 0.15) is 32.6 Å². The van der Waals surface area contributed by atoms with Gasteiger partial charge in [-0.15, -0.1) is 0 Å². The summed E-state index contributed by atoms with van der Waals surface area (Å²) < 4.78 is 29.7. The average molecular weight is 368 g/mol. The number of hydrogen-bond acceptors (Lipinski definition) is 3. The van der Waals surface area contributed by atoms with E-state index in [-0.39, 0.29) is 11.0 Å². The van der Waals surface area contributed by atoms with Crippen LogP contribution in [0.4, 0.5) is 0 Å². The molecule has 0 radical (unpaired) electrons. The zero-order valence-corrected chi connectivity index (χ0v) is 13.8. The van der Waals surface area contributed by atoms with Crippen molar-refractivity contribution in [2.45, 2.75) is 43.6 Å². The van der Waals surface area contributed by atoms with E-state index in [4.69, 9.17) is 15.4 Å². The molecule has 1 saturated carbocycles. The van der Waals surface area contributed by atoms with Crippen LogP contribution in [0.5, 0.6) is 5.75 Å². The summed E-state index contributed by atoms with van der Waals surface area (Å²) in [5.41, 5.74) is 0. The quantitative estimate of drug-likeness (QED) is 0.747. The van der Waals surface area contributed by atoms with Gasteiger partial charge in [0.2, 0.25) is 0 Å². The van der Waals surface area contributed by atoms with Crippen LogP contribution in [-0.2, 0) is 9.05 Å². The molecule has 1 aliphatic carbocycles. The highest BCUT2D eigenvalue weighted by Gasteiger charge is 2.24. The van der Waals surface area contributed by atoms with Crippen molar-refractivity contribution in [2.24, 2.45) is 5.92 Å². The molecule has 0 saturated heterocycles. The van der Waals surface area contributed by atoms with Crippen LogP contribution in [-0.4, -0.2) is 14.5 Å². The maximum absolute atomic E-state index is 11.6. The number of halogens is 2. The number of ether oxygens (including phenoxy) is 1. The van der Waals surface area contributed by atoms with E-state index in [1.165, 1.54) is 12.5 Å². The summed E-state index contributed by atoms with van der Waals surface area (Å²) in [5.74, 6) is 0.961. The van der Waals surface area contributed by atoms with Gasteiger partial charge in [-0.1, -0.05) is 29.3 Å². The minimum absolute atomic E-state index is 0.0294. The van der Waals surface area contributed by atoms with Gasteiger partial charge in [-0.3, -0.25) is 0 Å². The molecular weight excluding hydrogens is 352 g/mol. The highest BCUT2D eigenvalue weighted by molar-refractivity contribution is 9.10. The molecule has 1 fully saturated rings. The smallest absolute Gasteiger partial charge is 0.265 e. The summed E-state index contributed by atoms with van der Waals surface area (Å²) >= 11 is 3.24. The standard InChI is InChI=1S/C13H16BrClO3S/c1-9-3-2-4-11(7-9)18-12-6-5-10(14)8-13(12)19(15,16)17/h5-6,8-9,11H,2-4,7H2,1H3. The second-order valence-corrected chi connectivity index (χ2v) is 8.49. The number of benzene rings is 1. The van der Waals surface area contributed by atoms with E-state index >= 15 is 0 Å². The average Bonchev–Trinajstić information content (AvgIpc) is 2.30. The summed E-state index contributed by atoms with van der Waals surface area (Å²) in [6.45, 7) is 2.19. The molecule has 2 rings (SSSR count). The van der Waals surface area contributed by atoms with Crippen molar-refractivity contribution in [3.8, 4) is 5.75 Å². The molecule has 2 atom stereocenters. The molecule has 0 bridgehead atoms. The van der Waals surface area contributed by atoms with E-state index in [2.05, 4.69) is 22.9 Å². The SMILES string of the molecule is CC1CCCC(Oc2ccc(Br)cc2S(=O)(=O)Cl)C1. The Bertz CT molecular complexity index is 559. The third-order valence-electron chi connectivity index (χ3n) is 3.35. The molecule has 0 heterocycles. The maximum atomic E-state index is 11.6. The third kappa shape index (κ3) is 4.10. The predicted molar refractivity (Wildman–Crippen MR) is 79.2 cm³/mol. The number of hydrogen-bond donors (Lipinski definition) is 0. The lowest BCUT2D eigenvalue weighted by Gasteiger charge is -2.27. The van der Waals surface area contributed by atoms with E-state index in [9.17, 15) is 8.42 Å². The van der Waals surface area contributed by atoms with E-state index in [0.717, 1.165) is 19.3 Å². The first kappa shape index (κ1) is 15.1. The highest BCUT2D eigenvalue weighted by atomic mass is 79.9. The molecule has 2 unspecified atom stereocenters. The zero-order chi connectivity index (χ0) is 14.0. The molecule has 0 N–H and O–H groups in total. The molecule has 19 heavy (non-hydrogen) atoms. The van der Waals surface area contributed by atoms with Gasteiger partial charge < -0.3 is 4.74 Å². The van der Waals surface area contributed by atoms with Gasteiger partial charge in [-0.05, 0) is 43.4 Å². The summed E-state index contributed by atoms with van der Waals surface area (Å²) in [7, 11) is 1.65. The molecule has 1 aliphatic rings. The fourth-order valence-electron chi connectivity index (χ4n) is 2.43. The number of rotatable bonds is 3. The Kier molecular flexibility index (Phi) is 4.79. The maximum Gasteiger partial charge on any atom is 0.265 e. The molecule has 3 nitrogen and oxygen atoms in total. The molecular formula is C13H16BrClO3S. The Hall–Kier alpha value is -0.260. The van der Waals surface area contributed by atoms with Crippen molar-refractivity contribution in [1.82, 2.24) is 0 Å². The summed E-state index contributed by atoms with van der Waals surface area (Å²) in [6, 6.07) is 4.88. The molecule has 106 valence electrons. The summed E-state index contributed by atoms with van der Waals surface area (Å²) in [5, 5.41) is 0. The van der Waals surface area contributed by atoms with Crippen molar-refractivity contribution in [2.75, 3.05) is 0 Å². The minimum Gasteiger partial charge on any atom is -0.489 e. The van der Waals surface area contributed by atoms with Crippen LogP contribution in [0, 0.1) is 5.92 Å². The van der Waals surface area contributed by atoms with E-state index in [0.29, 0.717) is 16.1 Å². The Morgan fingerprint density at radius 1 is 1.37 bits per heavy atom.